The number of unbranched alkanes of at least 4 members (excludes halogenated alkanes) is 3. The van der Waals surface area contributed by atoms with Gasteiger partial charge < -0.3 is 4.74 Å². The molecule has 0 saturated heterocycles. The average Bonchev–Trinajstić information content (AvgIpc) is 2.38. The maximum Gasteiger partial charge on any atom is 0.417 e. The molecule has 18 heavy (non-hydrogen) atoms. The van der Waals surface area contributed by atoms with Gasteiger partial charge in [-0.25, -0.2) is 4.79 Å². The number of hydrogen-bond acceptors (Lipinski definition) is 2. The summed E-state index contributed by atoms with van der Waals surface area (Å²) in [6.45, 7) is 8.84. The van der Waals surface area contributed by atoms with Gasteiger partial charge in [0.1, 0.15) is 0 Å². The minimum atomic E-state index is 0.527. The van der Waals surface area contributed by atoms with Gasteiger partial charge >= 0.3 is 6.47 Å². The van der Waals surface area contributed by atoms with Gasteiger partial charge in [-0.1, -0.05) is 72.1 Å². The Hall–Kier alpha value is -0.530. The van der Waals surface area contributed by atoms with Crippen molar-refractivity contribution in [2.24, 2.45) is 11.8 Å². The summed E-state index contributed by atoms with van der Waals surface area (Å²) >= 11 is 0. The molecular formula is C16H31O2. The van der Waals surface area contributed by atoms with Crippen molar-refractivity contribution < 1.29 is 9.53 Å². The van der Waals surface area contributed by atoms with Crippen LogP contribution in [-0.2, 0) is 9.53 Å². The first-order chi connectivity index (χ1) is 8.74. The number of hydrogen-bond donors (Lipinski definition) is 0. The quantitative estimate of drug-likeness (QED) is 0.439. The predicted molar refractivity (Wildman–Crippen MR) is 77.2 cm³/mol. The maximum absolute atomic E-state index is 9.88. The molecule has 0 aromatic rings. The highest BCUT2D eigenvalue weighted by Gasteiger charge is 2.04. The van der Waals surface area contributed by atoms with Gasteiger partial charge in [-0.3, -0.25) is 0 Å². The monoisotopic (exact) mass is 255 g/mol. The fourth-order valence-corrected chi connectivity index (χ4v) is 2.42. The Morgan fingerprint density at radius 3 is 2.11 bits per heavy atom. The fraction of sp³-hybridized carbons (Fsp3) is 0.938. The zero-order valence-corrected chi connectivity index (χ0v) is 12.5. The zero-order valence-electron chi connectivity index (χ0n) is 12.5. The molecule has 0 saturated carbocycles. The lowest BCUT2D eigenvalue weighted by Crippen LogP contribution is -2.01. The van der Waals surface area contributed by atoms with E-state index in [9.17, 15) is 4.79 Å². The summed E-state index contributed by atoms with van der Waals surface area (Å²) in [4.78, 5) is 9.88. The van der Waals surface area contributed by atoms with Crippen LogP contribution in [0.3, 0.4) is 0 Å². The van der Waals surface area contributed by atoms with Gasteiger partial charge in [0.25, 0.3) is 0 Å². The van der Waals surface area contributed by atoms with E-state index in [0.717, 1.165) is 12.3 Å². The molecule has 0 bridgehead atoms. The molecule has 0 aliphatic heterocycles. The van der Waals surface area contributed by atoms with Crippen LogP contribution in [0.15, 0.2) is 0 Å². The first-order valence-electron chi connectivity index (χ1n) is 7.73. The van der Waals surface area contributed by atoms with Gasteiger partial charge in [0.05, 0.1) is 6.61 Å². The third-order valence-corrected chi connectivity index (χ3v) is 3.99. The molecule has 0 rings (SSSR count). The fourth-order valence-electron chi connectivity index (χ4n) is 2.42. The van der Waals surface area contributed by atoms with Gasteiger partial charge in [0, 0.05) is 0 Å². The van der Waals surface area contributed by atoms with E-state index in [1.54, 1.807) is 0 Å². The summed E-state index contributed by atoms with van der Waals surface area (Å²) in [6.07, 6.45) is 11.7. The van der Waals surface area contributed by atoms with E-state index in [-0.39, 0.29) is 0 Å². The Morgan fingerprint density at radius 2 is 1.56 bits per heavy atom. The molecule has 0 aliphatic carbocycles. The molecule has 0 amide bonds. The molecule has 2 heteroatoms. The van der Waals surface area contributed by atoms with Crippen LogP contribution in [0.25, 0.3) is 0 Å². The van der Waals surface area contributed by atoms with E-state index in [0.29, 0.717) is 12.5 Å². The lowest BCUT2D eigenvalue weighted by molar-refractivity contribution is 0.248. The van der Waals surface area contributed by atoms with Crippen LogP contribution < -0.4 is 0 Å². The molecule has 0 aromatic carbocycles. The van der Waals surface area contributed by atoms with E-state index < -0.39 is 0 Å². The Morgan fingerprint density at radius 1 is 0.944 bits per heavy atom. The topological polar surface area (TPSA) is 26.3 Å². The van der Waals surface area contributed by atoms with Crippen molar-refractivity contribution in [3.05, 3.63) is 0 Å². The lowest BCUT2D eigenvalue weighted by atomic mass is 9.95. The molecule has 1 radical (unpaired) electrons. The first kappa shape index (κ1) is 17.5. The van der Waals surface area contributed by atoms with Gasteiger partial charge in [0.2, 0.25) is 0 Å². The second-order valence-electron chi connectivity index (χ2n) is 5.50. The van der Waals surface area contributed by atoms with Crippen molar-refractivity contribution in [2.45, 2.75) is 78.6 Å². The third-order valence-electron chi connectivity index (χ3n) is 3.99. The molecule has 0 spiro atoms. The summed E-state index contributed by atoms with van der Waals surface area (Å²) in [5.74, 6) is 1.61. The summed E-state index contributed by atoms with van der Waals surface area (Å²) < 4.78 is 4.59. The highest BCUT2D eigenvalue weighted by Crippen LogP contribution is 2.18. The Labute approximate surface area is 113 Å². The van der Waals surface area contributed by atoms with Crippen LogP contribution in [0.4, 0.5) is 0 Å². The van der Waals surface area contributed by atoms with E-state index >= 15 is 0 Å². The first-order valence-corrected chi connectivity index (χ1v) is 7.73. The Balaban J connectivity index is 3.26. The molecule has 107 valence electrons. The zero-order chi connectivity index (χ0) is 13.6. The van der Waals surface area contributed by atoms with Crippen LogP contribution in [0, 0.1) is 11.8 Å². The van der Waals surface area contributed by atoms with Gasteiger partial charge in [-0.2, -0.15) is 0 Å². The van der Waals surface area contributed by atoms with Crippen molar-refractivity contribution in [2.75, 3.05) is 6.61 Å². The van der Waals surface area contributed by atoms with Gasteiger partial charge in [-0.05, 0) is 18.3 Å². The molecule has 0 heterocycles. The van der Waals surface area contributed by atoms with Gasteiger partial charge in [-0.15, -0.1) is 0 Å². The Kier molecular flexibility index (Phi) is 12.5. The largest absolute Gasteiger partial charge is 0.457 e. The molecule has 2 nitrogen and oxygen atoms in total. The van der Waals surface area contributed by atoms with E-state index in [2.05, 4.69) is 25.5 Å². The molecule has 0 aliphatic rings. The van der Waals surface area contributed by atoms with Crippen molar-refractivity contribution in [3.63, 3.8) is 0 Å². The standard InChI is InChI=1S/C16H31O2/c1-4-16(5-2)11-9-7-6-8-10-15(3)12-13-18-14-17/h15-16H,4-13H2,1-3H3. The normalized spacial score (nSPS) is 12.7. The molecule has 1 atom stereocenters. The lowest BCUT2D eigenvalue weighted by Gasteiger charge is -2.12. The van der Waals surface area contributed by atoms with Gasteiger partial charge in [0.15, 0.2) is 0 Å². The number of rotatable bonds is 13. The molecular weight excluding hydrogens is 224 g/mol. The molecule has 0 N–H and O–H groups in total. The predicted octanol–water partition coefficient (Wildman–Crippen LogP) is 4.87. The van der Waals surface area contributed by atoms with Crippen LogP contribution in [0.1, 0.15) is 78.6 Å². The second kappa shape index (κ2) is 12.9. The minimum absolute atomic E-state index is 0.527. The summed E-state index contributed by atoms with van der Waals surface area (Å²) in [6, 6.07) is 0. The molecule has 0 fully saturated rings. The van der Waals surface area contributed by atoms with E-state index in [4.69, 9.17) is 0 Å². The van der Waals surface area contributed by atoms with Crippen LogP contribution >= 0.6 is 0 Å². The summed E-state index contributed by atoms with van der Waals surface area (Å²) in [5.41, 5.74) is 0. The number of ether oxygens (including phenoxy) is 1. The minimum Gasteiger partial charge on any atom is -0.457 e. The average molecular weight is 255 g/mol. The number of carbonyl (C=O) groups excluding carboxylic acids is 1. The van der Waals surface area contributed by atoms with Crippen LogP contribution in [0.5, 0.6) is 0 Å². The summed E-state index contributed by atoms with van der Waals surface area (Å²) in [7, 11) is 0. The van der Waals surface area contributed by atoms with Crippen molar-refractivity contribution >= 4 is 6.47 Å². The van der Waals surface area contributed by atoms with Crippen LogP contribution in [0.2, 0.25) is 0 Å². The third kappa shape index (κ3) is 10.6. The summed E-state index contributed by atoms with van der Waals surface area (Å²) in [5, 5.41) is 0. The highest BCUT2D eigenvalue weighted by molar-refractivity contribution is 5.37. The second-order valence-corrected chi connectivity index (χ2v) is 5.50. The van der Waals surface area contributed by atoms with Crippen molar-refractivity contribution in [1.82, 2.24) is 0 Å². The highest BCUT2D eigenvalue weighted by atomic mass is 16.5. The SMILES string of the molecule is CCC(CC)CCCCCCC(C)CCO[C]=O. The molecule has 0 aromatic heterocycles. The van der Waals surface area contributed by atoms with Crippen molar-refractivity contribution in [3.8, 4) is 0 Å². The van der Waals surface area contributed by atoms with E-state index in [1.807, 2.05) is 0 Å². The molecule has 1 unspecified atom stereocenters. The Bertz CT molecular complexity index is 176. The van der Waals surface area contributed by atoms with Crippen LogP contribution in [-0.4, -0.2) is 13.1 Å². The van der Waals surface area contributed by atoms with E-state index in [1.165, 1.54) is 57.8 Å². The maximum atomic E-state index is 9.88. The smallest absolute Gasteiger partial charge is 0.417 e. The van der Waals surface area contributed by atoms with Crippen molar-refractivity contribution in [1.29, 1.82) is 0 Å².